The summed E-state index contributed by atoms with van der Waals surface area (Å²) in [4.78, 5) is 4.00. The van der Waals surface area contributed by atoms with Gasteiger partial charge in [0.2, 0.25) is 9.84 Å². The molecule has 0 amide bonds. The molecule has 0 saturated carbocycles. The Morgan fingerprint density at radius 2 is 1.83 bits per heavy atom. The number of anilines is 1. The first-order valence-electron chi connectivity index (χ1n) is 5.14. The summed E-state index contributed by atoms with van der Waals surface area (Å²) in [7, 11) is -2.10. The quantitative estimate of drug-likeness (QED) is 0.908. The van der Waals surface area contributed by atoms with Gasteiger partial charge in [0.05, 0.1) is 28.8 Å². The smallest absolute Gasteiger partial charge is 0.208 e. The minimum atomic E-state index is -3.62. The second kappa shape index (κ2) is 4.66. The van der Waals surface area contributed by atoms with Crippen LogP contribution in [-0.2, 0) is 9.84 Å². The van der Waals surface area contributed by atoms with Gasteiger partial charge in [0.1, 0.15) is 5.75 Å². The highest BCUT2D eigenvalue weighted by atomic mass is 32.2. The van der Waals surface area contributed by atoms with E-state index in [1.807, 2.05) is 0 Å². The number of nitrogen functional groups attached to an aromatic ring is 1. The van der Waals surface area contributed by atoms with Crippen LogP contribution in [0.3, 0.4) is 0 Å². The van der Waals surface area contributed by atoms with Crippen LogP contribution in [0, 0.1) is 0 Å². The number of methoxy groups -OCH3 is 1. The fourth-order valence-corrected chi connectivity index (χ4v) is 2.87. The zero-order chi connectivity index (χ0) is 13.2. The van der Waals surface area contributed by atoms with Gasteiger partial charge in [0.25, 0.3) is 0 Å². The Morgan fingerprint density at radius 1 is 1.17 bits per heavy atom. The number of sulfone groups is 1. The first-order valence-corrected chi connectivity index (χ1v) is 6.62. The molecule has 0 aliphatic carbocycles. The molecule has 1 aromatic heterocycles. The van der Waals surface area contributed by atoms with E-state index in [0.29, 0.717) is 5.75 Å². The van der Waals surface area contributed by atoms with E-state index in [4.69, 9.17) is 10.5 Å². The molecule has 1 aromatic carbocycles. The van der Waals surface area contributed by atoms with Crippen LogP contribution in [-0.4, -0.2) is 20.5 Å². The normalized spacial score (nSPS) is 11.2. The van der Waals surface area contributed by atoms with Crippen molar-refractivity contribution in [2.24, 2.45) is 0 Å². The van der Waals surface area contributed by atoms with Gasteiger partial charge in [-0.05, 0) is 30.3 Å². The zero-order valence-corrected chi connectivity index (χ0v) is 10.5. The van der Waals surface area contributed by atoms with Crippen LogP contribution in [0.2, 0.25) is 0 Å². The number of pyridine rings is 1. The molecule has 0 aliphatic heterocycles. The number of nitrogens with two attached hydrogens (primary N) is 1. The highest BCUT2D eigenvalue weighted by Crippen LogP contribution is 2.26. The standard InChI is InChI=1S/C12H12N2O3S/c1-17-9-2-4-10(5-3-9)18(15,16)12-6-7-14-8-11(12)13/h2-8H,13H2,1H3. The lowest BCUT2D eigenvalue weighted by Crippen LogP contribution is -2.05. The fraction of sp³-hybridized carbons (Fsp3) is 0.0833. The van der Waals surface area contributed by atoms with Crippen LogP contribution in [0.5, 0.6) is 5.75 Å². The van der Waals surface area contributed by atoms with Crippen molar-refractivity contribution in [3.63, 3.8) is 0 Å². The molecular weight excluding hydrogens is 252 g/mol. The molecule has 0 unspecified atom stereocenters. The van der Waals surface area contributed by atoms with Gasteiger partial charge in [-0.3, -0.25) is 4.98 Å². The van der Waals surface area contributed by atoms with Gasteiger partial charge < -0.3 is 10.5 Å². The van der Waals surface area contributed by atoms with E-state index in [1.165, 1.54) is 37.7 Å². The van der Waals surface area contributed by atoms with Gasteiger partial charge in [-0.15, -0.1) is 0 Å². The molecule has 18 heavy (non-hydrogen) atoms. The minimum Gasteiger partial charge on any atom is -0.497 e. The molecule has 94 valence electrons. The minimum absolute atomic E-state index is 0.0580. The van der Waals surface area contributed by atoms with Crippen LogP contribution >= 0.6 is 0 Å². The monoisotopic (exact) mass is 264 g/mol. The van der Waals surface area contributed by atoms with Gasteiger partial charge in [-0.2, -0.15) is 0 Å². The third-order valence-corrected chi connectivity index (χ3v) is 4.31. The molecule has 0 fully saturated rings. The van der Waals surface area contributed by atoms with Gasteiger partial charge in [0, 0.05) is 6.20 Å². The van der Waals surface area contributed by atoms with Gasteiger partial charge in [-0.25, -0.2) is 8.42 Å². The van der Waals surface area contributed by atoms with Crippen LogP contribution in [0.15, 0.2) is 52.5 Å². The lowest BCUT2D eigenvalue weighted by atomic mass is 10.3. The lowest BCUT2D eigenvalue weighted by molar-refractivity contribution is 0.414. The summed E-state index contributed by atoms with van der Waals surface area (Å²) in [5.41, 5.74) is 5.77. The number of benzene rings is 1. The molecule has 0 atom stereocenters. The highest BCUT2D eigenvalue weighted by molar-refractivity contribution is 7.91. The average Bonchev–Trinajstić information content (AvgIpc) is 2.39. The largest absolute Gasteiger partial charge is 0.497 e. The van der Waals surface area contributed by atoms with Crippen molar-refractivity contribution in [1.82, 2.24) is 4.98 Å². The first-order chi connectivity index (χ1) is 8.55. The second-order valence-corrected chi connectivity index (χ2v) is 5.51. The fourth-order valence-electron chi connectivity index (χ4n) is 1.52. The number of aromatic nitrogens is 1. The number of hydrogen-bond acceptors (Lipinski definition) is 5. The molecule has 0 radical (unpaired) electrons. The van der Waals surface area contributed by atoms with Gasteiger partial charge >= 0.3 is 0 Å². The Morgan fingerprint density at radius 3 is 2.39 bits per heavy atom. The third-order valence-electron chi connectivity index (χ3n) is 2.47. The molecule has 2 aromatic rings. The lowest BCUT2D eigenvalue weighted by Gasteiger charge is -2.07. The van der Waals surface area contributed by atoms with Crippen molar-refractivity contribution < 1.29 is 13.2 Å². The molecule has 0 spiro atoms. The molecule has 2 N–H and O–H groups in total. The van der Waals surface area contributed by atoms with Crippen LogP contribution < -0.4 is 10.5 Å². The predicted molar refractivity (Wildman–Crippen MR) is 67.1 cm³/mol. The van der Waals surface area contributed by atoms with E-state index < -0.39 is 9.84 Å². The summed E-state index contributed by atoms with van der Waals surface area (Å²) >= 11 is 0. The van der Waals surface area contributed by atoms with Crippen LogP contribution in [0.1, 0.15) is 0 Å². The van der Waals surface area contributed by atoms with Gasteiger partial charge in [0.15, 0.2) is 0 Å². The topological polar surface area (TPSA) is 82.3 Å². The van der Waals surface area contributed by atoms with E-state index in [-0.39, 0.29) is 15.5 Å². The number of nitrogens with zero attached hydrogens (tertiary/aromatic N) is 1. The van der Waals surface area contributed by atoms with E-state index in [2.05, 4.69) is 4.98 Å². The Balaban J connectivity index is 2.51. The Hall–Kier alpha value is -2.08. The summed E-state index contributed by atoms with van der Waals surface area (Å²) in [6.07, 6.45) is 2.71. The van der Waals surface area contributed by atoms with Crippen molar-refractivity contribution in [3.8, 4) is 5.75 Å². The number of hydrogen-bond donors (Lipinski definition) is 1. The maximum Gasteiger partial charge on any atom is 0.208 e. The molecule has 6 heteroatoms. The Labute approximate surface area is 105 Å². The van der Waals surface area contributed by atoms with Gasteiger partial charge in [-0.1, -0.05) is 0 Å². The zero-order valence-electron chi connectivity index (χ0n) is 9.70. The molecule has 1 heterocycles. The molecule has 0 saturated heterocycles. The maximum atomic E-state index is 12.3. The van der Waals surface area contributed by atoms with Crippen molar-refractivity contribution in [3.05, 3.63) is 42.7 Å². The van der Waals surface area contributed by atoms with E-state index >= 15 is 0 Å². The first kappa shape index (κ1) is 12.4. The van der Waals surface area contributed by atoms with E-state index in [1.54, 1.807) is 12.1 Å². The molecular formula is C12H12N2O3S. The number of ether oxygens (including phenoxy) is 1. The summed E-state index contributed by atoms with van der Waals surface area (Å²) in [6, 6.07) is 7.52. The molecule has 5 nitrogen and oxygen atoms in total. The average molecular weight is 264 g/mol. The number of rotatable bonds is 3. The Kier molecular flexibility index (Phi) is 3.20. The summed E-state index contributed by atoms with van der Waals surface area (Å²) in [6.45, 7) is 0. The molecule has 2 rings (SSSR count). The van der Waals surface area contributed by atoms with Crippen molar-refractivity contribution in [2.75, 3.05) is 12.8 Å². The summed E-state index contributed by atoms with van der Waals surface area (Å²) < 4.78 is 29.6. The van der Waals surface area contributed by atoms with E-state index in [9.17, 15) is 8.42 Å². The Bertz CT molecular complexity index is 651. The van der Waals surface area contributed by atoms with Crippen molar-refractivity contribution in [1.29, 1.82) is 0 Å². The van der Waals surface area contributed by atoms with Crippen LogP contribution in [0.4, 0.5) is 5.69 Å². The van der Waals surface area contributed by atoms with Crippen LogP contribution in [0.25, 0.3) is 0 Å². The molecule has 0 bridgehead atoms. The maximum absolute atomic E-state index is 12.3. The van der Waals surface area contributed by atoms with E-state index in [0.717, 1.165) is 0 Å². The molecule has 0 aliphatic rings. The predicted octanol–water partition coefficient (Wildman–Crippen LogP) is 1.51. The SMILES string of the molecule is COc1ccc(S(=O)(=O)c2ccncc2N)cc1. The second-order valence-electron chi connectivity index (χ2n) is 3.59. The third kappa shape index (κ3) is 2.14. The summed E-state index contributed by atoms with van der Waals surface area (Å²) in [5.74, 6) is 0.594. The van der Waals surface area contributed by atoms with Crippen molar-refractivity contribution >= 4 is 15.5 Å². The highest BCUT2D eigenvalue weighted by Gasteiger charge is 2.20. The van der Waals surface area contributed by atoms with Crippen molar-refractivity contribution in [2.45, 2.75) is 9.79 Å². The summed E-state index contributed by atoms with van der Waals surface area (Å²) in [5, 5.41) is 0.